The quantitative estimate of drug-likeness (QED) is 0.361. The van der Waals surface area contributed by atoms with Crippen LogP contribution < -0.4 is 0 Å². The van der Waals surface area contributed by atoms with Gasteiger partial charge in [0, 0.05) is 33.5 Å². The van der Waals surface area contributed by atoms with Crippen LogP contribution >= 0.6 is 23.2 Å². The first-order valence-electron chi connectivity index (χ1n) is 13.1. The number of benzene rings is 1. The summed E-state index contributed by atoms with van der Waals surface area (Å²) in [5.74, 6) is -2.09. The predicted molar refractivity (Wildman–Crippen MR) is 153 cm³/mol. The van der Waals surface area contributed by atoms with Crippen molar-refractivity contribution in [3.8, 4) is 0 Å². The summed E-state index contributed by atoms with van der Waals surface area (Å²) < 4.78 is 26.5. The highest BCUT2D eigenvalue weighted by Crippen LogP contribution is 2.53. The second-order valence-corrected chi connectivity index (χ2v) is 15.5. The van der Waals surface area contributed by atoms with Crippen molar-refractivity contribution < 1.29 is 23.1 Å². The van der Waals surface area contributed by atoms with Gasteiger partial charge in [0.05, 0.1) is 22.8 Å². The van der Waals surface area contributed by atoms with Crippen LogP contribution in [0.1, 0.15) is 72.3 Å². The maximum Gasteiger partial charge on any atom is 0.304 e. The Morgan fingerprint density at radius 2 is 1.84 bits per heavy atom. The zero-order valence-corrected chi connectivity index (χ0v) is 25.3. The van der Waals surface area contributed by atoms with Crippen molar-refractivity contribution in [2.24, 2.45) is 16.7 Å². The summed E-state index contributed by atoms with van der Waals surface area (Å²) >= 11 is 12.7. The summed E-state index contributed by atoms with van der Waals surface area (Å²) in [5, 5.41) is 10.4. The Balaban J connectivity index is 2.31. The molecule has 2 aliphatic rings. The van der Waals surface area contributed by atoms with Crippen molar-refractivity contribution in [2.45, 2.75) is 84.1 Å². The Morgan fingerprint density at radius 1 is 1.18 bits per heavy atom. The van der Waals surface area contributed by atoms with Gasteiger partial charge in [-0.05, 0) is 56.4 Å². The van der Waals surface area contributed by atoms with Crippen molar-refractivity contribution in [2.75, 3.05) is 5.75 Å². The van der Waals surface area contributed by atoms with Gasteiger partial charge in [0.25, 0.3) is 0 Å². The number of allylic oxidation sites excluding steroid dienone is 3. The second-order valence-electron chi connectivity index (χ2n) is 12.0. The summed E-state index contributed by atoms with van der Waals surface area (Å²) in [4.78, 5) is 28.2. The number of hydrogen-bond acceptors (Lipinski definition) is 4. The molecule has 1 aromatic rings. The molecule has 38 heavy (non-hydrogen) atoms. The molecule has 1 amide bonds. The Morgan fingerprint density at radius 3 is 2.34 bits per heavy atom. The number of hydrogen-bond donors (Lipinski definition) is 1. The molecule has 0 bridgehead atoms. The molecule has 5 atom stereocenters. The fourth-order valence-corrected chi connectivity index (χ4v) is 7.68. The molecule has 0 saturated carbocycles. The van der Waals surface area contributed by atoms with Gasteiger partial charge in [-0.25, -0.2) is 8.42 Å². The third-order valence-corrected chi connectivity index (χ3v) is 11.0. The van der Waals surface area contributed by atoms with Gasteiger partial charge >= 0.3 is 5.97 Å². The first-order valence-corrected chi connectivity index (χ1v) is 15.5. The summed E-state index contributed by atoms with van der Waals surface area (Å²) in [5.41, 5.74) is -0.923. The number of likely N-dealkylation sites (tertiary alicyclic amines) is 1. The van der Waals surface area contributed by atoms with Crippen LogP contribution in [-0.4, -0.2) is 53.4 Å². The number of halogens is 2. The molecule has 3 rings (SSSR count). The molecule has 1 aliphatic heterocycles. The molecule has 9 heteroatoms. The van der Waals surface area contributed by atoms with Crippen molar-refractivity contribution in [3.05, 3.63) is 58.1 Å². The van der Waals surface area contributed by atoms with Crippen LogP contribution in [0.3, 0.4) is 0 Å². The molecule has 6 nitrogen and oxygen atoms in total. The monoisotopic (exact) mass is 583 g/mol. The van der Waals surface area contributed by atoms with Crippen LogP contribution in [-0.2, 0) is 19.4 Å². The minimum atomic E-state index is -3.53. The van der Waals surface area contributed by atoms with Crippen LogP contribution in [0.25, 0.3) is 0 Å². The molecular formula is C29H39Cl2NO5S. The van der Waals surface area contributed by atoms with Crippen LogP contribution in [0.15, 0.2) is 47.5 Å². The molecule has 1 unspecified atom stereocenters. The third-order valence-electron chi connectivity index (χ3n) is 8.20. The van der Waals surface area contributed by atoms with Crippen LogP contribution in [0.4, 0.5) is 0 Å². The second kappa shape index (κ2) is 11.3. The van der Waals surface area contributed by atoms with E-state index in [0.717, 1.165) is 5.56 Å². The van der Waals surface area contributed by atoms with E-state index >= 15 is 0 Å². The number of aliphatic carboxylic acids is 1. The van der Waals surface area contributed by atoms with E-state index in [2.05, 4.69) is 6.92 Å². The maximum absolute atomic E-state index is 14.5. The van der Waals surface area contributed by atoms with E-state index in [1.165, 1.54) is 0 Å². The topological polar surface area (TPSA) is 91.8 Å². The van der Waals surface area contributed by atoms with E-state index in [1.54, 1.807) is 31.7 Å². The number of rotatable bonds is 9. The van der Waals surface area contributed by atoms with E-state index in [-0.39, 0.29) is 29.9 Å². The van der Waals surface area contributed by atoms with E-state index in [9.17, 15) is 23.1 Å². The SMILES string of the molecule is CC(C)[C@@H](CS(=O)(=O)C(C)C)N1C(=O)[C@@](C)(CC(=O)O)C[C@H](c2cccc(Cl)c2)[C@H]1C1(C)C=CC(Cl)=CC1. The van der Waals surface area contributed by atoms with Gasteiger partial charge in [-0.15, -0.1) is 0 Å². The van der Waals surface area contributed by atoms with Crippen LogP contribution in [0, 0.1) is 16.7 Å². The largest absolute Gasteiger partial charge is 0.481 e. The zero-order valence-electron chi connectivity index (χ0n) is 22.9. The smallest absolute Gasteiger partial charge is 0.304 e. The number of piperidine rings is 1. The Bertz CT molecular complexity index is 1240. The molecular weight excluding hydrogens is 545 g/mol. The van der Waals surface area contributed by atoms with Gasteiger partial charge in [-0.2, -0.15) is 0 Å². The number of carboxylic acid groups (broad SMARTS) is 1. The van der Waals surface area contributed by atoms with Crippen LogP contribution in [0.5, 0.6) is 0 Å². The van der Waals surface area contributed by atoms with Gasteiger partial charge in [-0.1, -0.05) is 75.2 Å². The lowest BCUT2D eigenvalue weighted by molar-refractivity contribution is -0.164. The molecule has 1 aliphatic carbocycles. The average molecular weight is 585 g/mol. The molecule has 0 aromatic heterocycles. The van der Waals surface area contributed by atoms with Gasteiger partial charge in [0.15, 0.2) is 9.84 Å². The highest BCUT2D eigenvalue weighted by molar-refractivity contribution is 7.92. The minimum Gasteiger partial charge on any atom is -0.481 e. The van der Waals surface area contributed by atoms with Gasteiger partial charge in [0.2, 0.25) is 5.91 Å². The average Bonchev–Trinajstić information content (AvgIpc) is 2.80. The number of carbonyl (C=O) groups excluding carboxylic acids is 1. The van der Waals surface area contributed by atoms with E-state index < -0.39 is 44.0 Å². The van der Waals surface area contributed by atoms with E-state index in [1.807, 2.05) is 50.3 Å². The van der Waals surface area contributed by atoms with Crippen molar-refractivity contribution in [3.63, 3.8) is 0 Å². The first-order chi connectivity index (χ1) is 17.5. The molecule has 0 spiro atoms. The lowest BCUT2D eigenvalue weighted by Gasteiger charge is -2.57. The summed E-state index contributed by atoms with van der Waals surface area (Å²) in [6, 6.07) is 6.33. The standard InChI is InChI=1S/C29H39Cl2NO5S/c1-18(2)24(17-38(36,37)19(3)4)32-26(28(5)12-10-21(30)11-13-28)23(20-8-7-9-22(31)14-20)15-29(6,27(32)35)16-25(33)34/h7-12,14,18-19,23-24,26H,13,15-17H2,1-6H3,(H,33,34)/t23-,24-,26+,28?,29-/m1/s1. The predicted octanol–water partition coefficient (Wildman–Crippen LogP) is 6.44. The number of carboxylic acids is 1. The molecule has 1 fully saturated rings. The van der Waals surface area contributed by atoms with Gasteiger partial charge in [0.1, 0.15) is 0 Å². The van der Waals surface area contributed by atoms with Gasteiger partial charge < -0.3 is 10.0 Å². The fourth-order valence-electron chi connectivity index (χ4n) is 5.94. The number of nitrogens with zero attached hydrogens (tertiary/aromatic N) is 1. The maximum atomic E-state index is 14.5. The zero-order chi connectivity index (χ0) is 28.6. The highest BCUT2D eigenvalue weighted by Gasteiger charge is 2.57. The van der Waals surface area contributed by atoms with Crippen molar-refractivity contribution in [1.29, 1.82) is 0 Å². The Labute approximate surface area is 237 Å². The van der Waals surface area contributed by atoms with Crippen molar-refractivity contribution in [1.82, 2.24) is 4.90 Å². The fraction of sp³-hybridized carbons (Fsp3) is 0.586. The molecule has 0 radical (unpaired) electrons. The molecule has 1 saturated heterocycles. The third kappa shape index (κ3) is 6.31. The Kier molecular flexibility index (Phi) is 9.17. The summed E-state index contributed by atoms with van der Waals surface area (Å²) in [6.07, 6.45) is 6.23. The molecule has 1 N–H and O–H groups in total. The minimum absolute atomic E-state index is 0.197. The number of carbonyl (C=O) groups is 2. The van der Waals surface area contributed by atoms with Crippen molar-refractivity contribution >= 4 is 44.9 Å². The Hall–Kier alpha value is -1.83. The summed E-state index contributed by atoms with van der Waals surface area (Å²) in [6.45, 7) is 10.9. The van der Waals surface area contributed by atoms with Gasteiger partial charge in [-0.3, -0.25) is 9.59 Å². The highest BCUT2D eigenvalue weighted by atomic mass is 35.5. The normalized spacial score (nSPS) is 29.1. The van der Waals surface area contributed by atoms with Crippen LogP contribution in [0.2, 0.25) is 5.02 Å². The first kappa shape index (κ1) is 30.7. The number of sulfone groups is 1. The molecule has 1 aromatic carbocycles. The lowest BCUT2D eigenvalue weighted by Crippen LogP contribution is -2.66. The number of amides is 1. The van der Waals surface area contributed by atoms with E-state index in [0.29, 0.717) is 22.9 Å². The van der Waals surface area contributed by atoms with E-state index in [4.69, 9.17) is 23.2 Å². The molecule has 210 valence electrons. The lowest BCUT2D eigenvalue weighted by atomic mass is 9.60. The summed E-state index contributed by atoms with van der Waals surface area (Å²) in [7, 11) is -3.53. The molecule has 1 heterocycles.